The topological polar surface area (TPSA) is 66.5 Å². The Labute approximate surface area is 198 Å². The molecule has 0 aliphatic heterocycles. The van der Waals surface area contributed by atoms with Gasteiger partial charge in [-0.1, -0.05) is 78.4 Å². The molecule has 0 aromatic heterocycles. The van der Waals surface area contributed by atoms with E-state index in [-0.39, 0.29) is 10.6 Å². The molecule has 0 unspecified atom stereocenters. The van der Waals surface area contributed by atoms with Crippen LogP contribution in [0.5, 0.6) is 0 Å². The summed E-state index contributed by atoms with van der Waals surface area (Å²) < 4.78 is 42.4. The van der Waals surface area contributed by atoms with Crippen LogP contribution in [0.4, 0.5) is 15.8 Å². The van der Waals surface area contributed by atoms with Crippen LogP contribution in [0.15, 0.2) is 108 Å². The molecule has 0 heterocycles. The van der Waals surface area contributed by atoms with Gasteiger partial charge in [-0.25, -0.2) is 12.8 Å². The molecule has 4 aromatic rings. The Morgan fingerprint density at radius 2 is 1.44 bits per heavy atom. The van der Waals surface area contributed by atoms with Gasteiger partial charge in [-0.15, -0.1) is 0 Å². The summed E-state index contributed by atoms with van der Waals surface area (Å²) in [7, 11) is -4.21. The monoisotopic (exact) mass is 474 g/mol. The average molecular weight is 475 g/mol. The van der Waals surface area contributed by atoms with Gasteiger partial charge < -0.3 is 5.32 Å². The number of carbonyl (C=O) groups excluding carboxylic acids is 1. The quantitative estimate of drug-likeness (QED) is 0.377. The van der Waals surface area contributed by atoms with E-state index in [1.54, 1.807) is 24.3 Å². The van der Waals surface area contributed by atoms with Crippen molar-refractivity contribution in [3.8, 4) is 11.1 Å². The van der Waals surface area contributed by atoms with E-state index in [9.17, 15) is 17.6 Å². The van der Waals surface area contributed by atoms with Crippen LogP contribution in [0.25, 0.3) is 11.1 Å². The Morgan fingerprint density at radius 1 is 0.824 bits per heavy atom. The van der Waals surface area contributed by atoms with Crippen LogP contribution in [-0.2, 0) is 14.8 Å². The van der Waals surface area contributed by atoms with E-state index in [4.69, 9.17) is 0 Å². The van der Waals surface area contributed by atoms with Gasteiger partial charge in [0.2, 0.25) is 5.91 Å². The molecule has 0 aliphatic rings. The van der Waals surface area contributed by atoms with Crippen LogP contribution in [-0.4, -0.2) is 20.9 Å². The molecule has 0 saturated heterocycles. The van der Waals surface area contributed by atoms with Crippen molar-refractivity contribution in [2.75, 3.05) is 16.2 Å². The van der Waals surface area contributed by atoms with Crippen molar-refractivity contribution in [3.05, 3.63) is 115 Å². The summed E-state index contributed by atoms with van der Waals surface area (Å²) in [6, 6.07) is 28.4. The number of benzene rings is 4. The summed E-state index contributed by atoms with van der Waals surface area (Å²) in [4.78, 5) is 13.1. The van der Waals surface area contributed by atoms with Crippen molar-refractivity contribution in [1.29, 1.82) is 0 Å². The number of hydrogen-bond donors (Lipinski definition) is 1. The number of nitrogens with one attached hydrogen (secondary N) is 1. The normalized spacial score (nSPS) is 11.1. The van der Waals surface area contributed by atoms with Crippen molar-refractivity contribution in [1.82, 2.24) is 0 Å². The first-order valence-corrected chi connectivity index (χ1v) is 12.1. The number of anilines is 2. The van der Waals surface area contributed by atoms with Crippen molar-refractivity contribution >= 4 is 27.3 Å². The fourth-order valence-corrected chi connectivity index (χ4v) is 5.00. The summed E-state index contributed by atoms with van der Waals surface area (Å²) in [5.74, 6) is -1.34. The van der Waals surface area contributed by atoms with E-state index in [0.29, 0.717) is 5.69 Å². The number of sulfonamides is 1. The minimum atomic E-state index is -4.21. The molecule has 5 nitrogen and oxygen atoms in total. The highest BCUT2D eigenvalue weighted by atomic mass is 32.2. The Hall–Kier alpha value is -3.97. The van der Waals surface area contributed by atoms with E-state index in [1.165, 1.54) is 30.3 Å². The lowest BCUT2D eigenvalue weighted by molar-refractivity contribution is -0.114. The third-order valence-corrected chi connectivity index (χ3v) is 7.08. The minimum Gasteiger partial charge on any atom is -0.324 e. The molecule has 7 heteroatoms. The van der Waals surface area contributed by atoms with Gasteiger partial charge in [-0.2, -0.15) is 0 Å². The summed E-state index contributed by atoms with van der Waals surface area (Å²) >= 11 is 0. The molecular formula is C27H23FN2O3S. The molecule has 0 radical (unpaired) electrons. The molecule has 0 atom stereocenters. The predicted molar refractivity (Wildman–Crippen MR) is 133 cm³/mol. The zero-order valence-electron chi connectivity index (χ0n) is 18.5. The molecular weight excluding hydrogens is 451 g/mol. The van der Waals surface area contributed by atoms with Crippen molar-refractivity contribution in [2.24, 2.45) is 0 Å². The second-order valence-corrected chi connectivity index (χ2v) is 9.60. The molecule has 1 amide bonds. The zero-order chi connectivity index (χ0) is 24.1. The van der Waals surface area contributed by atoms with E-state index >= 15 is 0 Å². The van der Waals surface area contributed by atoms with Crippen LogP contribution < -0.4 is 9.62 Å². The standard InChI is InChI=1S/C27H23FN2O3S/c1-20-15-17-22(18-16-20)34(32,33)30(26-14-8-6-12-24(26)28)19-27(31)29-25-13-7-5-11-23(25)21-9-3-2-4-10-21/h2-18H,19H2,1H3,(H,29,31). The Kier molecular flexibility index (Phi) is 6.75. The first kappa shape index (κ1) is 23.2. The van der Waals surface area contributed by atoms with E-state index in [2.05, 4.69) is 5.32 Å². The van der Waals surface area contributed by atoms with E-state index in [1.807, 2.05) is 49.4 Å². The summed E-state index contributed by atoms with van der Waals surface area (Å²) in [6.45, 7) is 1.24. The van der Waals surface area contributed by atoms with Gasteiger partial charge in [0.15, 0.2) is 0 Å². The fourth-order valence-electron chi connectivity index (χ4n) is 3.57. The predicted octanol–water partition coefficient (Wildman–Crippen LogP) is 5.64. The lowest BCUT2D eigenvalue weighted by Gasteiger charge is -2.24. The van der Waals surface area contributed by atoms with Crippen LogP contribution in [0, 0.1) is 12.7 Å². The van der Waals surface area contributed by atoms with Gasteiger partial charge >= 0.3 is 0 Å². The second kappa shape index (κ2) is 9.89. The van der Waals surface area contributed by atoms with Gasteiger partial charge in [0, 0.05) is 11.3 Å². The Balaban J connectivity index is 1.68. The molecule has 0 fully saturated rings. The average Bonchev–Trinajstić information content (AvgIpc) is 2.84. The highest BCUT2D eigenvalue weighted by Crippen LogP contribution is 2.29. The summed E-state index contributed by atoms with van der Waals surface area (Å²) in [5, 5.41) is 2.79. The second-order valence-electron chi connectivity index (χ2n) is 7.74. The first-order chi connectivity index (χ1) is 16.4. The SMILES string of the molecule is Cc1ccc(S(=O)(=O)N(CC(=O)Nc2ccccc2-c2ccccc2)c2ccccc2F)cc1. The van der Waals surface area contributed by atoms with Crippen LogP contribution in [0.3, 0.4) is 0 Å². The number of halogens is 1. The molecule has 4 rings (SSSR count). The van der Waals surface area contributed by atoms with Gasteiger partial charge in [0.05, 0.1) is 10.6 Å². The van der Waals surface area contributed by atoms with E-state index in [0.717, 1.165) is 27.1 Å². The maximum absolute atomic E-state index is 14.7. The minimum absolute atomic E-state index is 0.0289. The highest BCUT2D eigenvalue weighted by Gasteiger charge is 2.29. The number of rotatable bonds is 7. The first-order valence-electron chi connectivity index (χ1n) is 10.6. The van der Waals surface area contributed by atoms with Gasteiger partial charge in [-0.05, 0) is 42.8 Å². The van der Waals surface area contributed by atoms with Gasteiger partial charge in [0.25, 0.3) is 10.0 Å². The molecule has 172 valence electrons. The van der Waals surface area contributed by atoms with Crippen molar-refractivity contribution in [2.45, 2.75) is 11.8 Å². The lowest BCUT2D eigenvalue weighted by atomic mass is 10.0. The summed E-state index contributed by atoms with van der Waals surface area (Å²) in [5.41, 5.74) is 2.90. The number of para-hydroxylation sites is 2. The fraction of sp³-hybridized carbons (Fsp3) is 0.0741. The molecule has 1 N–H and O–H groups in total. The number of aryl methyl sites for hydroxylation is 1. The number of hydrogen-bond acceptors (Lipinski definition) is 3. The summed E-state index contributed by atoms with van der Waals surface area (Å²) in [6.07, 6.45) is 0. The third-order valence-electron chi connectivity index (χ3n) is 5.30. The number of carbonyl (C=O) groups is 1. The molecule has 34 heavy (non-hydrogen) atoms. The van der Waals surface area contributed by atoms with Crippen LogP contribution >= 0.6 is 0 Å². The Bertz CT molecular complexity index is 1410. The molecule has 0 saturated carbocycles. The third kappa shape index (κ3) is 5.00. The van der Waals surface area contributed by atoms with Crippen molar-refractivity contribution < 1.29 is 17.6 Å². The largest absolute Gasteiger partial charge is 0.324 e. The molecule has 0 bridgehead atoms. The van der Waals surface area contributed by atoms with Crippen molar-refractivity contribution in [3.63, 3.8) is 0 Å². The molecule has 4 aromatic carbocycles. The number of amides is 1. The molecule has 0 spiro atoms. The maximum Gasteiger partial charge on any atom is 0.264 e. The van der Waals surface area contributed by atoms with Crippen LogP contribution in [0.1, 0.15) is 5.56 Å². The smallest absolute Gasteiger partial charge is 0.264 e. The maximum atomic E-state index is 14.7. The number of nitrogens with zero attached hydrogens (tertiary/aromatic N) is 1. The lowest BCUT2D eigenvalue weighted by Crippen LogP contribution is -2.38. The molecule has 0 aliphatic carbocycles. The van der Waals surface area contributed by atoms with Gasteiger partial charge in [0.1, 0.15) is 12.4 Å². The zero-order valence-corrected chi connectivity index (χ0v) is 19.3. The van der Waals surface area contributed by atoms with Crippen LogP contribution in [0.2, 0.25) is 0 Å². The van der Waals surface area contributed by atoms with E-state index < -0.39 is 28.3 Å². The Morgan fingerprint density at radius 3 is 2.15 bits per heavy atom. The highest BCUT2D eigenvalue weighted by molar-refractivity contribution is 7.92. The van der Waals surface area contributed by atoms with Gasteiger partial charge in [-0.3, -0.25) is 9.10 Å².